The summed E-state index contributed by atoms with van der Waals surface area (Å²) in [5.74, 6) is -0.0905. The Morgan fingerprint density at radius 3 is 2.89 bits per heavy atom. The molecule has 0 spiro atoms. The van der Waals surface area contributed by atoms with Crippen LogP contribution in [0, 0.1) is 0 Å². The number of carbonyl (C=O) groups is 1. The number of hydrogen-bond donors (Lipinski definition) is 2. The predicted octanol–water partition coefficient (Wildman–Crippen LogP) is 2.43. The van der Waals surface area contributed by atoms with E-state index in [2.05, 4.69) is 5.32 Å². The number of rotatable bonds is 2. The molecule has 1 aromatic carbocycles. The predicted molar refractivity (Wildman–Crippen MR) is 73.9 cm³/mol. The van der Waals surface area contributed by atoms with Crippen LogP contribution < -0.4 is 11.1 Å². The lowest BCUT2D eigenvalue weighted by Gasteiger charge is -2.29. The number of furan rings is 1. The molecular formula is C15H18N2O2. The van der Waals surface area contributed by atoms with E-state index in [1.807, 2.05) is 24.3 Å². The van der Waals surface area contributed by atoms with Crippen molar-refractivity contribution in [3.05, 3.63) is 36.1 Å². The molecule has 4 nitrogen and oxygen atoms in total. The number of hydrogen-bond acceptors (Lipinski definition) is 3. The normalized spacial score (nSPS) is 23.4. The van der Waals surface area contributed by atoms with Crippen molar-refractivity contribution in [3.8, 4) is 0 Å². The van der Waals surface area contributed by atoms with Gasteiger partial charge in [-0.3, -0.25) is 4.79 Å². The first-order valence-corrected chi connectivity index (χ1v) is 6.78. The van der Waals surface area contributed by atoms with Gasteiger partial charge >= 0.3 is 0 Å². The maximum atomic E-state index is 12.3. The van der Waals surface area contributed by atoms with Crippen molar-refractivity contribution in [3.63, 3.8) is 0 Å². The van der Waals surface area contributed by atoms with E-state index in [1.165, 1.54) is 6.26 Å². The van der Waals surface area contributed by atoms with Crippen LogP contribution >= 0.6 is 0 Å². The third kappa shape index (κ3) is 2.36. The molecule has 4 heteroatoms. The molecule has 1 aromatic heterocycles. The van der Waals surface area contributed by atoms with Gasteiger partial charge in [-0.2, -0.15) is 0 Å². The van der Waals surface area contributed by atoms with Crippen LogP contribution in [0.25, 0.3) is 11.0 Å². The summed E-state index contributed by atoms with van der Waals surface area (Å²) in [6, 6.07) is 7.70. The fraction of sp³-hybridized carbons (Fsp3) is 0.400. The molecule has 1 fully saturated rings. The third-order valence-electron chi connectivity index (χ3n) is 3.86. The molecule has 0 radical (unpaired) electrons. The molecule has 0 bridgehead atoms. The molecule has 1 amide bonds. The summed E-state index contributed by atoms with van der Waals surface area (Å²) in [6.45, 7) is 0. The van der Waals surface area contributed by atoms with Crippen LogP contribution in [0.1, 0.15) is 36.0 Å². The second-order valence-corrected chi connectivity index (χ2v) is 5.17. The molecular weight excluding hydrogens is 240 g/mol. The molecule has 1 aliphatic rings. The fourth-order valence-corrected chi connectivity index (χ4v) is 2.74. The molecule has 2 aromatic rings. The Kier molecular flexibility index (Phi) is 3.25. The van der Waals surface area contributed by atoms with Gasteiger partial charge in [0.05, 0.1) is 5.56 Å². The molecule has 3 N–H and O–H groups in total. The Hall–Kier alpha value is -1.81. The number of amides is 1. The van der Waals surface area contributed by atoms with Crippen LogP contribution in [0.4, 0.5) is 0 Å². The molecule has 0 aliphatic heterocycles. The average Bonchev–Trinajstić information content (AvgIpc) is 2.85. The largest absolute Gasteiger partial charge is 0.463 e. The summed E-state index contributed by atoms with van der Waals surface area (Å²) >= 11 is 0. The van der Waals surface area contributed by atoms with E-state index in [0.29, 0.717) is 5.56 Å². The van der Waals surface area contributed by atoms with Crippen LogP contribution in [0.15, 0.2) is 34.9 Å². The van der Waals surface area contributed by atoms with E-state index in [-0.39, 0.29) is 18.0 Å². The zero-order valence-corrected chi connectivity index (χ0v) is 10.8. The van der Waals surface area contributed by atoms with E-state index in [0.717, 1.165) is 36.7 Å². The van der Waals surface area contributed by atoms with E-state index < -0.39 is 0 Å². The zero-order chi connectivity index (χ0) is 13.2. The number of nitrogens with two attached hydrogens (primary N) is 1. The summed E-state index contributed by atoms with van der Waals surface area (Å²) < 4.78 is 5.39. The van der Waals surface area contributed by atoms with Gasteiger partial charge in [-0.25, -0.2) is 0 Å². The summed E-state index contributed by atoms with van der Waals surface area (Å²) in [5.41, 5.74) is 7.38. The highest BCUT2D eigenvalue weighted by Crippen LogP contribution is 2.22. The fourth-order valence-electron chi connectivity index (χ4n) is 2.74. The summed E-state index contributed by atoms with van der Waals surface area (Å²) in [5, 5.41) is 3.89. The lowest BCUT2D eigenvalue weighted by atomic mass is 9.91. The molecule has 1 aliphatic carbocycles. The Balaban J connectivity index is 1.80. The average molecular weight is 258 g/mol. The van der Waals surface area contributed by atoms with Crippen molar-refractivity contribution in [1.29, 1.82) is 0 Å². The summed E-state index contributed by atoms with van der Waals surface area (Å²) in [6.07, 6.45) is 5.75. The summed E-state index contributed by atoms with van der Waals surface area (Å²) in [7, 11) is 0. The van der Waals surface area contributed by atoms with Gasteiger partial charge < -0.3 is 15.5 Å². The molecule has 100 valence electrons. The van der Waals surface area contributed by atoms with Crippen molar-refractivity contribution in [1.82, 2.24) is 5.32 Å². The Morgan fingerprint density at radius 2 is 2.05 bits per heavy atom. The van der Waals surface area contributed by atoms with Crippen molar-refractivity contribution in [2.75, 3.05) is 0 Å². The molecule has 3 rings (SSSR count). The maximum absolute atomic E-state index is 12.3. The number of carbonyl (C=O) groups excluding carboxylic acids is 1. The molecule has 19 heavy (non-hydrogen) atoms. The highest BCUT2D eigenvalue weighted by atomic mass is 16.3. The minimum absolute atomic E-state index is 0.0656. The Bertz CT molecular complexity index is 591. The number of nitrogens with one attached hydrogen (secondary N) is 1. The molecule has 1 heterocycles. The maximum Gasteiger partial charge on any atom is 0.255 e. The quantitative estimate of drug-likeness (QED) is 0.869. The molecule has 0 saturated heterocycles. The van der Waals surface area contributed by atoms with Gasteiger partial charge in [-0.05, 0) is 18.9 Å². The van der Waals surface area contributed by atoms with Crippen molar-refractivity contribution in [2.24, 2.45) is 5.73 Å². The van der Waals surface area contributed by atoms with Crippen LogP contribution in [-0.4, -0.2) is 18.0 Å². The van der Waals surface area contributed by atoms with Gasteiger partial charge in [0.1, 0.15) is 11.8 Å². The summed E-state index contributed by atoms with van der Waals surface area (Å²) in [4.78, 5) is 12.3. The molecule has 1 saturated carbocycles. The lowest BCUT2D eigenvalue weighted by Crippen LogP contribution is -2.49. The second kappa shape index (κ2) is 5.05. The number of fused-ring (bicyclic) bond motifs is 1. The van der Waals surface area contributed by atoms with Gasteiger partial charge in [-0.15, -0.1) is 0 Å². The van der Waals surface area contributed by atoms with Gasteiger partial charge in [0, 0.05) is 17.5 Å². The van der Waals surface area contributed by atoms with Crippen molar-refractivity contribution < 1.29 is 9.21 Å². The van der Waals surface area contributed by atoms with Gasteiger partial charge in [0.2, 0.25) is 0 Å². The number of benzene rings is 1. The van der Waals surface area contributed by atoms with E-state index in [4.69, 9.17) is 10.2 Å². The van der Waals surface area contributed by atoms with E-state index in [1.54, 1.807) is 0 Å². The smallest absolute Gasteiger partial charge is 0.255 e. The first kappa shape index (κ1) is 12.2. The SMILES string of the molecule is N[C@@H]1CCCC[C@H]1NC(=O)c1coc2ccccc12. The molecule has 0 unspecified atom stereocenters. The topological polar surface area (TPSA) is 68.3 Å². The first-order valence-electron chi connectivity index (χ1n) is 6.78. The van der Waals surface area contributed by atoms with Crippen molar-refractivity contribution in [2.45, 2.75) is 37.8 Å². The van der Waals surface area contributed by atoms with Crippen LogP contribution in [-0.2, 0) is 0 Å². The van der Waals surface area contributed by atoms with Crippen LogP contribution in [0.5, 0.6) is 0 Å². The van der Waals surface area contributed by atoms with Gasteiger partial charge in [-0.1, -0.05) is 31.0 Å². The highest BCUT2D eigenvalue weighted by molar-refractivity contribution is 6.06. The monoisotopic (exact) mass is 258 g/mol. The third-order valence-corrected chi connectivity index (χ3v) is 3.86. The minimum Gasteiger partial charge on any atom is -0.463 e. The van der Waals surface area contributed by atoms with Crippen LogP contribution in [0.2, 0.25) is 0 Å². The van der Waals surface area contributed by atoms with Gasteiger partial charge in [0.25, 0.3) is 5.91 Å². The Morgan fingerprint density at radius 1 is 1.26 bits per heavy atom. The second-order valence-electron chi connectivity index (χ2n) is 5.17. The minimum atomic E-state index is -0.0905. The Labute approximate surface area is 112 Å². The van der Waals surface area contributed by atoms with Crippen molar-refractivity contribution >= 4 is 16.9 Å². The number of para-hydroxylation sites is 1. The first-order chi connectivity index (χ1) is 9.25. The van der Waals surface area contributed by atoms with E-state index in [9.17, 15) is 4.79 Å². The lowest BCUT2D eigenvalue weighted by molar-refractivity contribution is 0.0922. The standard InChI is InChI=1S/C15H18N2O2/c16-12-6-2-3-7-13(12)17-15(18)11-9-19-14-8-4-1-5-10(11)14/h1,4-5,8-9,12-13H,2-3,6-7,16H2,(H,17,18)/t12-,13-/m1/s1. The van der Waals surface area contributed by atoms with Crippen LogP contribution in [0.3, 0.4) is 0 Å². The molecule has 2 atom stereocenters. The van der Waals surface area contributed by atoms with Gasteiger partial charge in [0.15, 0.2) is 0 Å². The van der Waals surface area contributed by atoms with E-state index >= 15 is 0 Å². The highest BCUT2D eigenvalue weighted by Gasteiger charge is 2.24. The zero-order valence-electron chi connectivity index (χ0n) is 10.8.